The van der Waals surface area contributed by atoms with Gasteiger partial charge in [0.25, 0.3) is 0 Å². The minimum absolute atomic E-state index is 0.121. The number of β-amino-alcohol motifs (C(OH)–C–C–N with tert-alkyl or cyclic N) is 1. The number of aliphatic hydroxyl groups is 1. The van der Waals surface area contributed by atoms with Crippen LogP contribution in [0, 0.1) is 5.92 Å². The summed E-state index contributed by atoms with van der Waals surface area (Å²) >= 11 is 0. The van der Waals surface area contributed by atoms with E-state index >= 15 is 0 Å². The molecule has 15 heavy (non-hydrogen) atoms. The number of rotatable bonds is 4. The molecule has 3 aliphatic rings. The first-order valence-electron chi connectivity index (χ1n) is 5.90. The van der Waals surface area contributed by atoms with Crippen LogP contribution in [0.4, 0.5) is 0 Å². The number of likely N-dealkylation sites (tertiary alicyclic amines) is 1. The number of hydrogen-bond acceptors (Lipinski definition) is 3. The summed E-state index contributed by atoms with van der Waals surface area (Å²) < 4.78 is 0. The molecule has 2 N–H and O–H groups in total. The summed E-state index contributed by atoms with van der Waals surface area (Å²) in [5.41, 5.74) is -0.458. The standard InChI is InChI=1S/C11H18N2O2/c14-10(12-9-3-4-9)5-13-6-11(15,7-13)8-1-2-8/h8-9,15H,1-7H2,(H,12,14). The highest BCUT2D eigenvalue weighted by molar-refractivity contribution is 5.78. The van der Waals surface area contributed by atoms with Gasteiger partial charge in [-0.1, -0.05) is 0 Å². The highest BCUT2D eigenvalue weighted by atomic mass is 16.3. The first kappa shape index (κ1) is 9.60. The number of carbonyl (C=O) groups excluding carboxylic acids is 1. The maximum absolute atomic E-state index is 11.5. The lowest BCUT2D eigenvalue weighted by Crippen LogP contribution is -2.64. The molecule has 1 saturated heterocycles. The fraction of sp³-hybridized carbons (Fsp3) is 0.909. The molecule has 0 bridgehead atoms. The normalized spacial score (nSPS) is 29.7. The fourth-order valence-electron chi connectivity index (χ4n) is 2.42. The van der Waals surface area contributed by atoms with Crippen LogP contribution in [0.15, 0.2) is 0 Å². The first-order chi connectivity index (χ1) is 7.16. The number of hydrogen-bond donors (Lipinski definition) is 2. The summed E-state index contributed by atoms with van der Waals surface area (Å²) in [5, 5.41) is 13.0. The highest BCUT2D eigenvalue weighted by Gasteiger charge is 2.51. The summed E-state index contributed by atoms with van der Waals surface area (Å²) in [6, 6.07) is 0.445. The maximum atomic E-state index is 11.5. The second kappa shape index (κ2) is 3.19. The van der Waals surface area contributed by atoms with Gasteiger partial charge in [0.05, 0.1) is 12.1 Å². The minimum Gasteiger partial charge on any atom is -0.387 e. The molecule has 0 aromatic heterocycles. The van der Waals surface area contributed by atoms with Crippen molar-refractivity contribution in [3.05, 3.63) is 0 Å². The largest absolute Gasteiger partial charge is 0.387 e. The second-order valence-corrected chi connectivity index (χ2v) is 5.36. The van der Waals surface area contributed by atoms with Gasteiger partial charge >= 0.3 is 0 Å². The molecule has 84 valence electrons. The Kier molecular flexibility index (Phi) is 2.04. The lowest BCUT2D eigenvalue weighted by Gasteiger charge is -2.46. The smallest absolute Gasteiger partial charge is 0.234 e. The van der Waals surface area contributed by atoms with E-state index in [0.717, 1.165) is 12.8 Å². The van der Waals surface area contributed by atoms with Crippen molar-refractivity contribution in [2.24, 2.45) is 5.92 Å². The van der Waals surface area contributed by atoms with Crippen LogP contribution in [0.1, 0.15) is 25.7 Å². The number of nitrogens with zero attached hydrogens (tertiary/aromatic N) is 1. The van der Waals surface area contributed by atoms with Crippen molar-refractivity contribution in [1.29, 1.82) is 0 Å². The molecular formula is C11H18N2O2. The van der Waals surface area contributed by atoms with E-state index in [1.807, 2.05) is 4.90 Å². The van der Waals surface area contributed by atoms with E-state index < -0.39 is 5.60 Å². The van der Waals surface area contributed by atoms with Gasteiger partial charge in [0, 0.05) is 19.1 Å². The van der Waals surface area contributed by atoms with Gasteiger partial charge in [-0.05, 0) is 31.6 Å². The molecule has 3 rings (SSSR count). The molecule has 4 nitrogen and oxygen atoms in total. The van der Waals surface area contributed by atoms with E-state index in [1.54, 1.807) is 0 Å². The van der Waals surface area contributed by atoms with Crippen LogP contribution in [0.3, 0.4) is 0 Å². The summed E-state index contributed by atoms with van der Waals surface area (Å²) in [6.07, 6.45) is 4.60. The highest BCUT2D eigenvalue weighted by Crippen LogP contribution is 2.44. The zero-order chi connectivity index (χ0) is 10.5. The van der Waals surface area contributed by atoms with E-state index in [0.29, 0.717) is 31.6 Å². The molecule has 0 aromatic carbocycles. The van der Waals surface area contributed by atoms with Gasteiger partial charge in [-0.3, -0.25) is 9.69 Å². The average Bonchev–Trinajstić information content (AvgIpc) is 2.96. The third-order valence-corrected chi connectivity index (χ3v) is 3.64. The van der Waals surface area contributed by atoms with Crippen LogP contribution >= 0.6 is 0 Å². The van der Waals surface area contributed by atoms with Crippen molar-refractivity contribution in [1.82, 2.24) is 10.2 Å². The van der Waals surface area contributed by atoms with Gasteiger partial charge in [-0.2, -0.15) is 0 Å². The van der Waals surface area contributed by atoms with Crippen molar-refractivity contribution in [2.45, 2.75) is 37.3 Å². The van der Waals surface area contributed by atoms with E-state index in [-0.39, 0.29) is 5.91 Å². The number of nitrogens with one attached hydrogen (secondary N) is 1. The Labute approximate surface area is 89.6 Å². The van der Waals surface area contributed by atoms with Crippen molar-refractivity contribution in [3.63, 3.8) is 0 Å². The SMILES string of the molecule is O=C(CN1CC(O)(C2CC2)C1)NC1CC1. The Balaban J connectivity index is 1.40. The van der Waals surface area contributed by atoms with E-state index in [1.165, 1.54) is 12.8 Å². The second-order valence-electron chi connectivity index (χ2n) is 5.36. The predicted octanol–water partition coefficient (Wildman–Crippen LogP) is -0.278. The summed E-state index contributed by atoms with van der Waals surface area (Å²) in [6.45, 7) is 1.84. The van der Waals surface area contributed by atoms with Gasteiger partial charge in [0.2, 0.25) is 5.91 Å². The molecule has 1 aliphatic heterocycles. The molecule has 0 unspecified atom stereocenters. The minimum atomic E-state index is -0.458. The molecule has 4 heteroatoms. The van der Waals surface area contributed by atoms with E-state index in [4.69, 9.17) is 0 Å². The fourth-order valence-corrected chi connectivity index (χ4v) is 2.42. The number of amides is 1. The third-order valence-electron chi connectivity index (χ3n) is 3.64. The third kappa shape index (κ3) is 2.01. The molecular weight excluding hydrogens is 192 g/mol. The Hall–Kier alpha value is -0.610. The van der Waals surface area contributed by atoms with Crippen LogP contribution in [0.5, 0.6) is 0 Å². The lowest BCUT2D eigenvalue weighted by atomic mass is 9.89. The van der Waals surface area contributed by atoms with Gasteiger partial charge in [0.1, 0.15) is 0 Å². The zero-order valence-electron chi connectivity index (χ0n) is 8.91. The van der Waals surface area contributed by atoms with E-state index in [9.17, 15) is 9.90 Å². The topological polar surface area (TPSA) is 52.6 Å². The maximum Gasteiger partial charge on any atom is 0.234 e. The van der Waals surface area contributed by atoms with Crippen molar-refractivity contribution >= 4 is 5.91 Å². The summed E-state index contributed by atoms with van der Waals surface area (Å²) in [4.78, 5) is 13.5. The Morgan fingerprint density at radius 3 is 2.53 bits per heavy atom. The zero-order valence-corrected chi connectivity index (χ0v) is 8.91. The molecule has 1 heterocycles. The van der Waals surface area contributed by atoms with Crippen molar-refractivity contribution in [2.75, 3.05) is 19.6 Å². The molecule has 2 aliphatic carbocycles. The van der Waals surface area contributed by atoms with Crippen molar-refractivity contribution in [3.8, 4) is 0 Å². The van der Waals surface area contributed by atoms with Gasteiger partial charge < -0.3 is 10.4 Å². The molecule has 0 aromatic rings. The van der Waals surface area contributed by atoms with Crippen LogP contribution in [-0.4, -0.2) is 47.2 Å². The molecule has 2 saturated carbocycles. The molecule has 3 fully saturated rings. The quantitative estimate of drug-likeness (QED) is 0.671. The van der Waals surface area contributed by atoms with Gasteiger partial charge in [0.15, 0.2) is 0 Å². The monoisotopic (exact) mass is 210 g/mol. The van der Waals surface area contributed by atoms with Crippen molar-refractivity contribution < 1.29 is 9.90 Å². The van der Waals surface area contributed by atoms with E-state index in [2.05, 4.69) is 5.32 Å². The lowest BCUT2D eigenvalue weighted by molar-refractivity contribution is -0.136. The molecule has 0 radical (unpaired) electrons. The number of carbonyl (C=O) groups is 1. The molecule has 1 amide bonds. The average molecular weight is 210 g/mol. The first-order valence-corrected chi connectivity index (χ1v) is 5.90. The summed E-state index contributed by atoms with van der Waals surface area (Å²) in [5.74, 6) is 0.635. The van der Waals surface area contributed by atoms with Crippen LogP contribution < -0.4 is 5.32 Å². The van der Waals surface area contributed by atoms with Gasteiger partial charge in [-0.25, -0.2) is 0 Å². The predicted molar refractivity (Wildman–Crippen MR) is 55.3 cm³/mol. The Morgan fingerprint density at radius 1 is 1.33 bits per heavy atom. The summed E-state index contributed by atoms with van der Waals surface area (Å²) in [7, 11) is 0. The molecule has 0 spiro atoms. The van der Waals surface area contributed by atoms with Crippen LogP contribution in [-0.2, 0) is 4.79 Å². The van der Waals surface area contributed by atoms with Crippen LogP contribution in [0.25, 0.3) is 0 Å². The molecule has 0 atom stereocenters. The Bertz CT molecular complexity index is 278. The van der Waals surface area contributed by atoms with Gasteiger partial charge in [-0.15, -0.1) is 0 Å². The van der Waals surface area contributed by atoms with Crippen LogP contribution in [0.2, 0.25) is 0 Å². The Morgan fingerprint density at radius 2 is 2.00 bits per heavy atom.